The fraction of sp³-hybridized carbons (Fsp3) is 1.00. The lowest BCUT2D eigenvalue weighted by atomic mass is 9.99. The van der Waals surface area contributed by atoms with Crippen LogP contribution in [0.15, 0.2) is 0 Å². The average Bonchev–Trinajstić information content (AvgIpc) is 2.16. The van der Waals surface area contributed by atoms with E-state index in [1.165, 1.54) is 26.1 Å². The largest absolute Gasteiger partial charge is 0.389 e. The van der Waals surface area contributed by atoms with E-state index < -0.39 is 5.60 Å². The highest BCUT2D eigenvalue weighted by Crippen LogP contribution is 2.12. The first-order chi connectivity index (χ1) is 8.03. The third-order valence-corrected chi connectivity index (χ3v) is 3.80. The maximum Gasteiger partial charge on any atom is 0.0718 e. The second kappa shape index (κ2) is 5.65. The second-order valence-corrected chi connectivity index (χ2v) is 6.24. The fourth-order valence-corrected chi connectivity index (χ4v) is 2.64. The third kappa shape index (κ3) is 4.54. The minimum Gasteiger partial charge on any atom is -0.389 e. The van der Waals surface area contributed by atoms with Crippen LogP contribution in [0, 0.1) is 5.92 Å². The number of nitrogens with zero attached hydrogens (tertiary/aromatic N) is 2. The third-order valence-electron chi connectivity index (χ3n) is 3.80. The van der Waals surface area contributed by atoms with Gasteiger partial charge in [-0.15, -0.1) is 0 Å². The van der Waals surface area contributed by atoms with Gasteiger partial charge in [0.2, 0.25) is 0 Å². The van der Waals surface area contributed by atoms with Crippen molar-refractivity contribution in [2.75, 3.05) is 52.4 Å². The first-order valence-electron chi connectivity index (χ1n) is 6.91. The van der Waals surface area contributed by atoms with Gasteiger partial charge in [0, 0.05) is 32.7 Å². The van der Waals surface area contributed by atoms with Crippen molar-refractivity contribution in [3.05, 3.63) is 0 Å². The molecule has 2 aliphatic heterocycles. The molecule has 0 aromatic carbocycles. The highest BCUT2D eigenvalue weighted by Gasteiger charge is 2.23. The number of hydrogen-bond donors (Lipinski definition) is 2. The molecule has 2 rings (SSSR count). The fourth-order valence-electron chi connectivity index (χ4n) is 2.64. The Morgan fingerprint density at radius 1 is 1.12 bits per heavy atom. The molecule has 2 N–H and O–H groups in total. The Morgan fingerprint density at radius 3 is 2.18 bits per heavy atom. The lowest BCUT2D eigenvalue weighted by Gasteiger charge is -2.38. The van der Waals surface area contributed by atoms with E-state index in [2.05, 4.69) is 15.1 Å². The Hall–Kier alpha value is -0.160. The maximum absolute atomic E-state index is 9.79. The molecule has 0 spiro atoms. The van der Waals surface area contributed by atoms with E-state index in [4.69, 9.17) is 0 Å². The molecule has 100 valence electrons. The van der Waals surface area contributed by atoms with Gasteiger partial charge >= 0.3 is 0 Å². The van der Waals surface area contributed by atoms with Crippen molar-refractivity contribution in [3.63, 3.8) is 0 Å². The molecule has 0 atom stereocenters. The normalized spacial score (nSPS) is 24.9. The molecule has 2 fully saturated rings. The molecule has 2 heterocycles. The monoisotopic (exact) mass is 241 g/mol. The zero-order valence-corrected chi connectivity index (χ0v) is 11.3. The van der Waals surface area contributed by atoms with Crippen molar-refractivity contribution in [2.45, 2.75) is 25.9 Å². The standard InChI is InChI=1S/C13H27N3O/c1-13(2,17)11-16-7-5-15(6-8-16)4-3-12-9-14-10-12/h12,14,17H,3-11H2,1-2H3. The van der Waals surface area contributed by atoms with E-state index >= 15 is 0 Å². The number of β-amino-alcohol motifs (C(OH)–C–C–N with tert-alkyl or cyclic N) is 1. The van der Waals surface area contributed by atoms with Crippen LogP contribution in [0.3, 0.4) is 0 Å². The molecular formula is C13H27N3O. The Labute approximate surface area is 105 Å². The summed E-state index contributed by atoms with van der Waals surface area (Å²) in [6.07, 6.45) is 1.35. The summed E-state index contributed by atoms with van der Waals surface area (Å²) in [5.41, 5.74) is -0.556. The van der Waals surface area contributed by atoms with Crippen LogP contribution in [0.4, 0.5) is 0 Å². The highest BCUT2D eigenvalue weighted by atomic mass is 16.3. The summed E-state index contributed by atoms with van der Waals surface area (Å²) in [7, 11) is 0. The summed E-state index contributed by atoms with van der Waals surface area (Å²) in [6, 6.07) is 0. The summed E-state index contributed by atoms with van der Waals surface area (Å²) in [4.78, 5) is 4.95. The molecule has 4 nitrogen and oxygen atoms in total. The molecule has 0 unspecified atom stereocenters. The number of piperazine rings is 1. The molecule has 0 bridgehead atoms. The minimum absolute atomic E-state index is 0.556. The molecule has 0 radical (unpaired) electrons. The minimum atomic E-state index is -0.556. The van der Waals surface area contributed by atoms with Crippen molar-refractivity contribution in [3.8, 4) is 0 Å². The van der Waals surface area contributed by atoms with Gasteiger partial charge in [-0.3, -0.25) is 4.90 Å². The zero-order chi connectivity index (χ0) is 12.3. The zero-order valence-electron chi connectivity index (χ0n) is 11.3. The van der Waals surface area contributed by atoms with Crippen LogP contribution in [0.1, 0.15) is 20.3 Å². The Balaban J connectivity index is 1.60. The van der Waals surface area contributed by atoms with Gasteiger partial charge in [-0.1, -0.05) is 0 Å². The molecular weight excluding hydrogens is 214 g/mol. The van der Waals surface area contributed by atoms with Crippen molar-refractivity contribution in [1.29, 1.82) is 0 Å². The van der Waals surface area contributed by atoms with Crippen LogP contribution >= 0.6 is 0 Å². The summed E-state index contributed by atoms with van der Waals surface area (Å²) in [5.74, 6) is 0.921. The van der Waals surface area contributed by atoms with Gasteiger partial charge in [-0.2, -0.15) is 0 Å². The van der Waals surface area contributed by atoms with Crippen molar-refractivity contribution < 1.29 is 5.11 Å². The van der Waals surface area contributed by atoms with Crippen LogP contribution in [-0.4, -0.2) is 72.9 Å². The van der Waals surface area contributed by atoms with E-state index in [-0.39, 0.29) is 0 Å². The molecule has 17 heavy (non-hydrogen) atoms. The van der Waals surface area contributed by atoms with Gasteiger partial charge < -0.3 is 15.3 Å². The van der Waals surface area contributed by atoms with E-state index in [9.17, 15) is 5.11 Å². The van der Waals surface area contributed by atoms with Crippen LogP contribution in [0.5, 0.6) is 0 Å². The van der Waals surface area contributed by atoms with Gasteiger partial charge in [0.25, 0.3) is 0 Å². The van der Waals surface area contributed by atoms with Crippen molar-refractivity contribution in [1.82, 2.24) is 15.1 Å². The van der Waals surface area contributed by atoms with Crippen LogP contribution in [-0.2, 0) is 0 Å². The highest BCUT2D eigenvalue weighted by molar-refractivity contribution is 4.80. The number of nitrogens with one attached hydrogen (secondary N) is 1. The van der Waals surface area contributed by atoms with Crippen molar-refractivity contribution in [2.24, 2.45) is 5.92 Å². The van der Waals surface area contributed by atoms with Crippen LogP contribution in [0.2, 0.25) is 0 Å². The van der Waals surface area contributed by atoms with E-state index in [1.807, 2.05) is 13.8 Å². The summed E-state index contributed by atoms with van der Waals surface area (Å²) in [5, 5.41) is 13.1. The number of hydrogen-bond acceptors (Lipinski definition) is 4. The van der Waals surface area contributed by atoms with Crippen LogP contribution < -0.4 is 5.32 Å². The van der Waals surface area contributed by atoms with Crippen molar-refractivity contribution >= 4 is 0 Å². The predicted molar refractivity (Wildman–Crippen MR) is 70.2 cm³/mol. The smallest absolute Gasteiger partial charge is 0.0718 e. The Morgan fingerprint density at radius 2 is 1.71 bits per heavy atom. The Kier molecular flexibility index (Phi) is 4.42. The molecule has 2 saturated heterocycles. The molecule has 0 aromatic rings. The summed E-state index contributed by atoms with van der Waals surface area (Å²) < 4.78 is 0. The molecule has 0 aromatic heterocycles. The summed E-state index contributed by atoms with van der Waals surface area (Å²) >= 11 is 0. The lowest BCUT2D eigenvalue weighted by Crippen LogP contribution is -2.51. The molecule has 0 aliphatic carbocycles. The van der Waals surface area contributed by atoms with Gasteiger partial charge in [0.05, 0.1) is 5.60 Å². The topological polar surface area (TPSA) is 38.7 Å². The van der Waals surface area contributed by atoms with Gasteiger partial charge in [-0.05, 0) is 45.8 Å². The molecule has 0 saturated carbocycles. The summed E-state index contributed by atoms with van der Waals surface area (Å²) in [6.45, 7) is 12.8. The van der Waals surface area contributed by atoms with Gasteiger partial charge in [0.1, 0.15) is 0 Å². The maximum atomic E-state index is 9.79. The first kappa shape index (κ1) is 13.3. The molecule has 0 amide bonds. The second-order valence-electron chi connectivity index (χ2n) is 6.24. The predicted octanol–water partition coefficient (Wildman–Crippen LogP) is -0.0156. The van der Waals surface area contributed by atoms with Crippen LogP contribution in [0.25, 0.3) is 0 Å². The Bertz CT molecular complexity index is 227. The van der Waals surface area contributed by atoms with Gasteiger partial charge in [-0.25, -0.2) is 0 Å². The number of aliphatic hydroxyl groups is 1. The molecule has 2 aliphatic rings. The van der Waals surface area contributed by atoms with Gasteiger partial charge in [0.15, 0.2) is 0 Å². The quantitative estimate of drug-likeness (QED) is 0.710. The van der Waals surface area contributed by atoms with E-state index in [0.717, 1.165) is 38.6 Å². The molecule has 4 heteroatoms. The van der Waals surface area contributed by atoms with E-state index in [1.54, 1.807) is 0 Å². The SMILES string of the molecule is CC(C)(O)CN1CCN(CCC2CNC2)CC1. The number of rotatable bonds is 5. The average molecular weight is 241 g/mol. The lowest BCUT2D eigenvalue weighted by molar-refractivity contribution is 0.0168. The first-order valence-corrected chi connectivity index (χ1v) is 6.91. The van der Waals surface area contributed by atoms with E-state index in [0.29, 0.717) is 0 Å².